The predicted molar refractivity (Wildman–Crippen MR) is 96.2 cm³/mol. The number of aromatic nitrogens is 2. The average molecular weight is 378 g/mol. The summed E-state index contributed by atoms with van der Waals surface area (Å²) in [5.41, 5.74) is 1.13. The summed E-state index contributed by atoms with van der Waals surface area (Å²) in [6.07, 6.45) is 3.91. The first kappa shape index (κ1) is 18.4. The molecule has 1 atom stereocenters. The molecule has 1 aromatic carbocycles. The molecule has 1 unspecified atom stereocenters. The van der Waals surface area contributed by atoms with Crippen molar-refractivity contribution in [2.24, 2.45) is 0 Å². The standard InChI is InChI=1S/C17H22N4O4S/c1-26(23,24)19-16(25-17(22)20-11-6-3-7-12-20)15-10-13-21(18-15)14-8-4-2-5-9-14/h2,4-5,8-10,13,16,19H,3,6-7,11-12H2,1H3. The summed E-state index contributed by atoms with van der Waals surface area (Å²) >= 11 is 0. The van der Waals surface area contributed by atoms with Gasteiger partial charge in [-0.3, -0.25) is 0 Å². The molecule has 0 saturated carbocycles. The molecule has 1 amide bonds. The topological polar surface area (TPSA) is 93.5 Å². The lowest BCUT2D eigenvalue weighted by molar-refractivity contribution is 0.0508. The number of hydrogen-bond acceptors (Lipinski definition) is 5. The average Bonchev–Trinajstić information content (AvgIpc) is 3.12. The lowest BCUT2D eigenvalue weighted by atomic mass is 10.1. The second-order valence-corrected chi connectivity index (χ2v) is 8.00. The first-order chi connectivity index (χ1) is 12.4. The Morgan fingerprint density at radius 1 is 1.15 bits per heavy atom. The Kier molecular flexibility index (Phi) is 5.58. The molecule has 1 aliphatic heterocycles. The Balaban J connectivity index is 1.80. The van der Waals surface area contributed by atoms with Gasteiger partial charge in [-0.2, -0.15) is 9.82 Å². The molecule has 9 heteroatoms. The van der Waals surface area contributed by atoms with Crippen LogP contribution in [0.3, 0.4) is 0 Å². The Morgan fingerprint density at radius 3 is 2.50 bits per heavy atom. The van der Waals surface area contributed by atoms with Crippen LogP contribution in [-0.4, -0.2) is 48.5 Å². The van der Waals surface area contributed by atoms with Crippen LogP contribution in [0.1, 0.15) is 31.2 Å². The van der Waals surface area contributed by atoms with Crippen molar-refractivity contribution in [2.45, 2.75) is 25.5 Å². The smallest absolute Gasteiger partial charge is 0.411 e. The normalized spacial score (nSPS) is 16.3. The van der Waals surface area contributed by atoms with Crippen LogP contribution < -0.4 is 4.72 Å². The molecule has 0 bridgehead atoms. The quantitative estimate of drug-likeness (QED) is 0.804. The number of amides is 1. The van der Waals surface area contributed by atoms with Crippen molar-refractivity contribution >= 4 is 16.1 Å². The fourth-order valence-corrected chi connectivity index (χ4v) is 3.35. The van der Waals surface area contributed by atoms with Gasteiger partial charge in [0, 0.05) is 19.3 Å². The van der Waals surface area contributed by atoms with E-state index in [1.165, 1.54) is 0 Å². The molecule has 2 heterocycles. The van der Waals surface area contributed by atoms with Crippen molar-refractivity contribution < 1.29 is 17.9 Å². The molecule has 140 valence electrons. The lowest BCUT2D eigenvalue weighted by Gasteiger charge is -2.27. The predicted octanol–water partition coefficient (Wildman–Crippen LogP) is 2.04. The molecule has 1 saturated heterocycles. The molecule has 2 aromatic rings. The van der Waals surface area contributed by atoms with E-state index in [1.807, 2.05) is 30.3 Å². The number of ether oxygens (including phenoxy) is 1. The van der Waals surface area contributed by atoms with Gasteiger partial charge in [-0.15, -0.1) is 0 Å². The van der Waals surface area contributed by atoms with E-state index >= 15 is 0 Å². The van der Waals surface area contributed by atoms with Gasteiger partial charge < -0.3 is 9.64 Å². The second-order valence-electron chi connectivity index (χ2n) is 6.22. The van der Waals surface area contributed by atoms with E-state index in [0.29, 0.717) is 18.8 Å². The van der Waals surface area contributed by atoms with E-state index in [-0.39, 0.29) is 0 Å². The van der Waals surface area contributed by atoms with Gasteiger partial charge in [0.15, 0.2) is 0 Å². The Morgan fingerprint density at radius 2 is 1.85 bits per heavy atom. The molecule has 1 N–H and O–H groups in total. The Bertz CT molecular complexity index is 845. The zero-order valence-corrected chi connectivity index (χ0v) is 15.4. The van der Waals surface area contributed by atoms with Crippen molar-refractivity contribution in [1.82, 2.24) is 19.4 Å². The highest BCUT2D eigenvalue weighted by molar-refractivity contribution is 7.88. The number of benzene rings is 1. The molecule has 26 heavy (non-hydrogen) atoms. The third kappa shape index (κ3) is 4.83. The highest BCUT2D eigenvalue weighted by atomic mass is 32.2. The molecule has 1 aliphatic rings. The van der Waals surface area contributed by atoms with Crippen molar-refractivity contribution in [3.8, 4) is 5.69 Å². The minimum absolute atomic E-state index is 0.310. The molecule has 0 spiro atoms. The van der Waals surface area contributed by atoms with E-state index in [9.17, 15) is 13.2 Å². The first-order valence-corrected chi connectivity index (χ1v) is 10.4. The molecular formula is C17H22N4O4S. The van der Waals surface area contributed by atoms with Crippen LogP contribution in [-0.2, 0) is 14.8 Å². The number of rotatable bonds is 5. The number of carbonyl (C=O) groups excluding carboxylic acids is 1. The fourth-order valence-electron chi connectivity index (χ4n) is 2.79. The fraction of sp³-hybridized carbons (Fsp3) is 0.412. The summed E-state index contributed by atoms with van der Waals surface area (Å²) in [6.45, 7) is 1.23. The minimum atomic E-state index is -3.60. The molecule has 1 aromatic heterocycles. The van der Waals surface area contributed by atoms with Gasteiger partial charge in [0.25, 0.3) is 0 Å². The maximum Gasteiger partial charge on any atom is 0.411 e. The number of para-hydroxylation sites is 1. The number of hydrogen-bond donors (Lipinski definition) is 1. The number of piperidine rings is 1. The van der Waals surface area contributed by atoms with Gasteiger partial charge in [0.1, 0.15) is 5.69 Å². The van der Waals surface area contributed by atoms with Crippen LogP contribution in [0.5, 0.6) is 0 Å². The van der Waals surface area contributed by atoms with Crippen LogP contribution in [0.4, 0.5) is 4.79 Å². The lowest BCUT2D eigenvalue weighted by Crippen LogP contribution is -2.40. The third-order valence-corrected chi connectivity index (χ3v) is 4.70. The summed E-state index contributed by atoms with van der Waals surface area (Å²) in [5, 5.41) is 4.36. The third-order valence-electron chi connectivity index (χ3n) is 4.05. The highest BCUT2D eigenvalue weighted by Crippen LogP contribution is 2.18. The van der Waals surface area contributed by atoms with Crippen LogP contribution >= 0.6 is 0 Å². The van der Waals surface area contributed by atoms with Crippen LogP contribution in [0, 0.1) is 0 Å². The number of carbonyl (C=O) groups is 1. The van der Waals surface area contributed by atoms with Crippen LogP contribution in [0.2, 0.25) is 0 Å². The SMILES string of the molecule is CS(=O)(=O)NC(OC(=O)N1CCCCC1)c1ccn(-c2ccccc2)n1. The summed E-state index contributed by atoms with van der Waals surface area (Å²) < 4.78 is 32.8. The maximum atomic E-state index is 12.4. The Hall–Kier alpha value is -2.39. The number of sulfonamides is 1. The minimum Gasteiger partial charge on any atom is -0.423 e. The van der Waals surface area contributed by atoms with Crippen molar-refractivity contribution in [3.63, 3.8) is 0 Å². The van der Waals surface area contributed by atoms with Crippen LogP contribution in [0.15, 0.2) is 42.6 Å². The molecule has 0 aliphatic carbocycles. The summed E-state index contributed by atoms with van der Waals surface area (Å²) in [6, 6.07) is 11.0. The summed E-state index contributed by atoms with van der Waals surface area (Å²) in [7, 11) is -3.60. The highest BCUT2D eigenvalue weighted by Gasteiger charge is 2.26. The molecule has 8 nitrogen and oxygen atoms in total. The zero-order valence-electron chi connectivity index (χ0n) is 14.5. The Labute approximate surface area is 152 Å². The van der Waals surface area contributed by atoms with Crippen molar-refractivity contribution in [3.05, 3.63) is 48.3 Å². The zero-order chi connectivity index (χ0) is 18.6. The number of nitrogens with zero attached hydrogens (tertiary/aromatic N) is 3. The van der Waals surface area contributed by atoms with E-state index in [0.717, 1.165) is 31.2 Å². The van der Waals surface area contributed by atoms with Crippen LogP contribution in [0.25, 0.3) is 5.69 Å². The van der Waals surface area contributed by atoms with E-state index in [1.54, 1.807) is 21.8 Å². The van der Waals surface area contributed by atoms with Gasteiger partial charge in [-0.25, -0.2) is 17.9 Å². The maximum absolute atomic E-state index is 12.4. The van der Waals surface area contributed by atoms with Gasteiger partial charge >= 0.3 is 6.09 Å². The van der Waals surface area contributed by atoms with Gasteiger partial charge in [-0.1, -0.05) is 18.2 Å². The molecule has 1 fully saturated rings. The van der Waals surface area contributed by atoms with E-state index < -0.39 is 22.3 Å². The van der Waals surface area contributed by atoms with Gasteiger partial charge in [0.05, 0.1) is 11.9 Å². The molecular weight excluding hydrogens is 356 g/mol. The first-order valence-electron chi connectivity index (χ1n) is 8.46. The molecule has 3 rings (SSSR count). The van der Waals surface area contributed by atoms with E-state index in [4.69, 9.17) is 4.74 Å². The van der Waals surface area contributed by atoms with Gasteiger partial charge in [0.2, 0.25) is 16.3 Å². The number of nitrogens with one attached hydrogen (secondary N) is 1. The molecule has 0 radical (unpaired) electrons. The second kappa shape index (κ2) is 7.88. The van der Waals surface area contributed by atoms with E-state index in [2.05, 4.69) is 9.82 Å². The summed E-state index contributed by atoms with van der Waals surface area (Å²) in [5.74, 6) is 0. The van der Waals surface area contributed by atoms with Crippen molar-refractivity contribution in [2.75, 3.05) is 19.3 Å². The van der Waals surface area contributed by atoms with Crippen molar-refractivity contribution in [1.29, 1.82) is 0 Å². The monoisotopic (exact) mass is 378 g/mol. The largest absolute Gasteiger partial charge is 0.423 e. The summed E-state index contributed by atoms with van der Waals surface area (Å²) in [4.78, 5) is 14.0. The number of likely N-dealkylation sites (tertiary alicyclic amines) is 1. The van der Waals surface area contributed by atoms with Gasteiger partial charge in [-0.05, 0) is 37.5 Å².